The number of nitrogens with zero attached hydrogens (tertiary/aromatic N) is 2. The lowest BCUT2D eigenvalue weighted by atomic mass is 9.96. The van der Waals surface area contributed by atoms with Crippen molar-refractivity contribution in [2.75, 3.05) is 24.5 Å². The molecule has 0 amide bonds. The lowest BCUT2D eigenvalue weighted by molar-refractivity contribution is 0.297. The molecular formula is C10H11ClFN3. The maximum Gasteiger partial charge on any atom is 0.164 e. The fourth-order valence-electron chi connectivity index (χ4n) is 2.25. The van der Waals surface area contributed by atoms with Crippen molar-refractivity contribution in [2.24, 2.45) is 5.92 Å². The van der Waals surface area contributed by atoms with Gasteiger partial charge in [0.2, 0.25) is 0 Å². The van der Waals surface area contributed by atoms with Crippen molar-refractivity contribution >= 4 is 17.3 Å². The van der Waals surface area contributed by atoms with Gasteiger partial charge in [0.15, 0.2) is 11.0 Å². The molecule has 0 saturated carbocycles. The Kier molecular flexibility index (Phi) is 2.07. The van der Waals surface area contributed by atoms with Crippen molar-refractivity contribution in [3.8, 4) is 0 Å². The molecule has 0 bridgehead atoms. The van der Waals surface area contributed by atoms with Crippen LogP contribution in [-0.2, 0) is 0 Å². The largest absolute Gasteiger partial charge is 0.368 e. The number of hydrogen-bond donors (Lipinski definition) is 1. The lowest BCUT2D eigenvalue weighted by Crippen LogP contribution is -2.51. The van der Waals surface area contributed by atoms with Crippen LogP contribution in [-0.4, -0.2) is 30.7 Å². The van der Waals surface area contributed by atoms with Crippen LogP contribution in [0.1, 0.15) is 0 Å². The van der Waals surface area contributed by atoms with Crippen LogP contribution in [0, 0.1) is 11.7 Å². The second-order valence-electron chi connectivity index (χ2n) is 4.15. The molecule has 0 spiro atoms. The van der Waals surface area contributed by atoms with Gasteiger partial charge >= 0.3 is 0 Å². The summed E-state index contributed by atoms with van der Waals surface area (Å²) < 4.78 is 13.2. The van der Waals surface area contributed by atoms with Gasteiger partial charge < -0.3 is 10.2 Å². The molecule has 2 aliphatic rings. The first kappa shape index (κ1) is 9.36. The van der Waals surface area contributed by atoms with Gasteiger partial charge in [-0.2, -0.15) is 0 Å². The number of anilines is 1. The second-order valence-corrected chi connectivity index (χ2v) is 4.50. The number of fused-ring (bicyclic) bond motifs is 1. The van der Waals surface area contributed by atoms with Gasteiger partial charge in [0.1, 0.15) is 0 Å². The molecule has 2 aliphatic heterocycles. The molecule has 0 unspecified atom stereocenters. The Morgan fingerprint density at radius 2 is 2.40 bits per heavy atom. The lowest BCUT2D eigenvalue weighted by Gasteiger charge is -2.29. The van der Waals surface area contributed by atoms with Gasteiger partial charge in [0.05, 0.1) is 11.9 Å². The smallest absolute Gasteiger partial charge is 0.164 e. The van der Waals surface area contributed by atoms with E-state index in [9.17, 15) is 4.39 Å². The van der Waals surface area contributed by atoms with Crippen LogP contribution in [0.5, 0.6) is 0 Å². The highest BCUT2D eigenvalue weighted by Crippen LogP contribution is 2.29. The van der Waals surface area contributed by atoms with Crippen molar-refractivity contribution in [1.82, 2.24) is 10.3 Å². The predicted molar refractivity (Wildman–Crippen MR) is 56.7 cm³/mol. The SMILES string of the molecule is Fc1cc(N2C[C@@H]3CN[C@@H]3C2)cnc1Cl. The van der Waals surface area contributed by atoms with Gasteiger partial charge in [0, 0.05) is 37.7 Å². The van der Waals surface area contributed by atoms with E-state index in [0.29, 0.717) is 12.0 Å². The van der Waals surface area contributed by atoms with E-state index in [1.54, 1.807) is 6.20 Å². The van der Waals surface area contributed by atoms with Crippen molar-refractivity contribution in [3.05, 3.63) is 23.2 Å². The van der Waals surface area contributed by atoms with Crippen molar-refractivity contribution in [3.63, 3.8) is 0 Å². The Bertz CT molecular complexity index is 386. The highest BCUT2D eigenvalue weighted by Gasteiger charge is 2.39. The van der Waals surface area contributed by atoms with Crippen LogP contribution in [0.25, 0.3) is 0 Å². The molecule has 80 valence electrons. The maximum absolute atomic E-state index is 13.2. The van der Waals surface area contributed by atoms with Gasteiger partial charge in [-0.05, 0) is 0 Å². The molecule has 3 rings (SSSR count). The first-order chi connectivity index (χ1) is 7.24. The van der Waals surface area contributed by atoms with Gasteiger partial charge in [-0.1, -0.05) is 11.6 Å². The molecule has 5 heteroatoms. The molecule has 1 aromatic heterocycles. The summed E-state index contributed by atoms with van der Waals surface area (Å²) in [6, 6.07) is 2.03. The third kappa shape index (κ3) is 1.48. The number of nitrogens with one attached hydrogen (secondary N) is 1. The van der Waals surface area contributed by atoms with Gasteiger partial charge in [0.25, 0.3) is 0 Å². The number of aromatic nitrogens is 1. The summed E-state index contributed by atoms with van der Waals surface area (Å²) in [5.74, 6) is 0.269. The first-order valence-corrected chi connectivity index (χ1v) is 5.41. The molecule has 3 nitrogen and oxygen atoms in total. The normalized spacial score (nSPS) is 28.8. The van der Waals surface area contributed by atoms with E-state index in [1.165, 1.54) is 6.07 Å². The average Bonchev–Trinajstić information content (AvgIpc) is 2.48. The van der Waals surface area contributed by atoms with Gasteiger partial charge in [-0.15, -0.1) is 0 Å². The van der Waals surface area contributed by atoms with Crippen LogP contribution in [0.15, 0.2) is 12.3 Å². The van der Waals surface area contributed by atoms with E-state index in [1.807, 2.05) is 0 Å². The van der Waals surface area contributed by atoms with Crippen molar-refractivity contribution in [1.29, 1.82) is 0 Å². The third-order valence-electron chi connectivity index (χ3n) is 3.23. The van der Waals surface area contributed by atoms with Crippen LogP contribution in [0.4, 0.5) is 10.1 Å². The van der Waals surface area contributed by atoms with Crippen LogP contribution < -0.4 is 10.2 Å². The first-order valence-electron chi connectivity index (χ1n) is 5.03. The van der Waals surface area contributed by atoms with E-state index in [2.05, 4.69) is 15.2 Å². The van der Waals surface area contributed by atoms with E-state index < -0.39 is 5.82 Å². The summed E-state index contributed by atoms with van der Waals surface area (Å²) in [6.45, 7) is 3.00. The molecule has 0 aliphatic carbocycles. The number of halogens is 2. The molecule has 0 aromatic carbocycles. The zero-order valence-corrected chi connectivity index (χ0v) is 8.84. The minimum Gasteiger partial charge on any atom is -0.368 e. The Balaban J connectivity index is 1.84. The standard InChI is InChI=1S/C10H11ClFN3/c11-10-8(12)1-7(3-14-10)15-4-6-2-13-9(6)5-15/h1,3,6,9,13H,2,4-5H2/t6-,9+/m0/s1. The van der Waals surface area contributed by atoms with E-state index >= 15 is 0 Å². The number of rotatable bonds is 1. The highest BCUT2D eigenvalue weighted by molar-refractivity contribution is 6.29. The highest BCUT2D eigenvalue weighted by atomic mass is 35.5. The van der Waals surface area contributed by atoms with E-state index in [0.717, 1.165) is 25.3 Å². The quantitative estimate of drug-likeness (QED) is 0.733. The minimum absolute atomic E-state index is 0.0564. The minimum atomic E-state index is -0.443. The van der Waals surface area contributed by atoms with E-state index in [4.69, 9.17) is 11.6 Å². The summed E-state index contributed by atoms with van der Waals surface area (Å²) in [6.07, 6.45) is 1.64. The Labute approximate surface area is 92.2 Å². The third-order valence-corrected chi connectivity index (χ3v) is 3.51. The Morgan fingerprint density at radius 1 is 1.53 bits per heavy atom. The fraction of sp³-hybridized carbons (Fsp3) is 0.500. The average molecular weight is 228 g/mol. The molecule has 2 atom stereocenters. The Morgan fingerprint density at radius 3 is 2.93 bits per heavy atom. The number of hydrogen-bond acceptors (Lipinski definition) is 3. The molecule has 1 N–H and O–H groups in total. The van der Waals surface area contributed by atoms with Crippen LogP contribution >= 0.6 is 11.6 Å². The molecular weight excluding hydrogens is 217 g/mol. The molecule has 1 aromatic rings. The maximum atomic E-state index is 13.2. The summed E-state index contributed by atoms with van der Waals surface area (Å²) in [7, 11) is 0. The van der Waals surface area contributed by atoms with Crippen LogP contribution in [0.2, 0.25) is 5.15 Å². The molecule has 2 fully saturated rings. The van der Waals surface area contributed by atoms with Crippen molar-refractivity contribution in [2.45, 2.75) is 6.04 Å². The van der Waals surface area contributed by atoms with Gasteiger partial charge in [-0.25, -0.2) is 9.37 Å². The summed E-state index contributed by atoms with van der Waals surface area (Å²) >= 11 is 5.54. The van der Waals surface area contributed by atoms with Crippen molar-refractivity contribution < 1.29 is 4.39 Å². The monoisotopic (exact) mass is 227 g/mol. The zero-order valence-electron chi connectivity index (χ0n) is 8.08. The van der Waals surface area contributed by atoms with Crippen LogP contribution in [0.3, 0.4) is 0 Å². The molecule has 15 heavy (non-hydrogen) atoms. The summed E-state index contributed by atoms with van der Waals surface area (Å²) in [5, 5.41) is 3.29. The number of pyridine rings is 1. The van der Waals surface area contributed by atoms with E-state index in [-0.39, 0.29) is 5.15 Å². The molecule has 0 radical (unpaired) electrons. The topological polar surface area (TPSA) is 28.2 Å². The second kappa shape index (κ2) is 3.32. The molecule has 3 heterocycles. The summed E-state index contributed by atoms with van der Waals surface area (Å²) in [4.78, 5) is 5.98. The van der Waals surface area contributed by atoms with Gasteiger partial charge in [-0.3, -0.25) is 0 Å². The predicted octanol–water partition coefficient (Wildman–Crippen LogP) is 1.28. The molecule has 2 saturated heterocycles. The summed E-state index contributed by atoms with van der Waals surface area (Å²) in [5.41, 5.74) is 0.827. The Hall–Kier alpha value is -0.870. The zero-order chi connectivity index (χ0) is 10.4. The fourth-order valence-corrected chi connectivity index (χ4v) is 2.35.